The molecule has 0 atom stereocenters. The molecule has 0 saturated heterocycles. The average molecular weight is 220 g/mol. The number of furan rings is 1. The maximum absolute atomic E-state index is 11.8. The second-order valence-corrected chi connectivity index (χ2v) is 4.23. The van der Waals surface area contributed by atoms with E-state index in [4.69, 9.17) is 4.42 Å². The third-order valence-electron chi connectivity index (χ3n) is 2.38. The van der Waals surface area contributed by atoms with Gasteiger partial charge in [-0.2, -0.15) is 11.3 Å². The highest BCUT2D eigenvalue weighted by molar-refractivity contribution is 7.07. The number of hydrogen-bond acceptors (Lipinski definition) is 3. The van der Waals surface area contributed by atoms with Crippen molar-refractivity contribution in [1.29, 1.82) is 0 Å². The first-order valence-corrected chi connectivity index (χ1v) is 5.80. The Bertz CT molecular complexity index is 440. The van der Waals surface area contributed by atoms with E-state index < -0.39 is 0 Å². The molecule has 2 rings (SSSR count). The second-order valence-electron chi connectivity index (χ2n) is 3.45. The molecule has 0 saturated carbocycles. The molecule has 0 radical (unpaired) electrons. The molecule has 0 aliphatic heterocycles. The van der Waals surface area contributed by atoms with Gasteiger partial charge in [0.05, 0.1) is 11.8 Å². The second kappa shape index (κ2) is 4.45. The molecule has 0 spiro atoms. The lowest BCUT2D eigenvalue weighted by atomic mass is 10.1. The van der Waals surface area contributed by atoms with Crippen molar-refractivity contribution in [2.24, 2.45) is 0 Å². The number of rotatable bonds is 4. The Morgan fingerprint density at radius 3 is 2.93 bits per heavy atom. The maximum atomic E-state index is 11.8. The van der Waals surface area contributed by atoms with Crippen LogP contribution in [0.1, 0.15) is 28.1 Å². The van der Waals surface area contributed by atoms with E-state index in [1.807, 2.05) is 12.3 Å². The van der Waals surface area contributed by atoms with Crippen LogP contribution in [0.25, 0.3) is 0 Å². The van der Waals surface area contributed by atoms with Gasteiger partial charge in [-0.05, 0) is 41.8 Å². The normalized spacial score (nSPS) is 10.5. The van der Waals surface area contributed by atoms with E-state index in [1.165, 1.54) is 5.56 Å². The molecule has 0 aromatic carbocycles. The summed E-state index contributed by atoms with van der Waals surface area (Å²) >= 11 is 1.66. The van der Waals surface area contributed by atoms with E-state index in [1.54, 1.807) is 23.7 Å². The van der Waals surface area contributed by atoms with E-state index in [0.29, 0.717) is 17.7 Å². The molecule has 2 heterocycles. The number of carbonyl (C=O) groups excluding carboxylic acids is 1. The molecule has 3 heteroatoms. The van der Waals surface area contributed by atoms with Crippen molar-refractivity contribution in [3.63, 3.8) is 0 Å². The van der Waals surface area contributed by atoms with Gasteiger partial charge in [0.1, 0.15) is 5.76 Å². The fourth-order valence-electron chi connectivity index (χ4n) is 1.50. The highest BCUT2D eigenvalue weighted by Gasteiger charge is 2.11. The molecule has 0 fully saturated rings. The first kappa shape index (κ1) is 10.2. The Balaban J connectivity index is 1.96. The van der Waals surface area contributed by atoms with Crippen molar-refractivity contribution in [2.45, 2.75) is 19.8 Å². The van der Waals surface area contributed by atoms with Crippen LogP contribution in [0.2, 0.25) is 0 Å². The smallest absolute Gasteiger partial charge is 0.166 e. The van der Waals surface area contributed by atoms with Gasteiger partial charge in [0, 0.05) is 6.42 Å². The predicted molar refractivity (Wildman–Crippen MR) is 60.4 cm³/mol. The molecule has 0 bridgehead atoms. The fraction of sp³-hybridized carbons (Fsp3) is 0.250. The van der Waals surface area contributed by atoms with Crippen molar-refractivity contribution in [2.75, 3.05) is 0 Å². The minimum atomic E-state index is 0.160. The molecule has 0 aliphatic rings. The minimum absolute atomic E-state index is 0.160. The first-order valence-electron chi connectivity index (χ1n) is 4.86. The lowest BCUT2D eigenvalue weighted by Gasteiger charge is -1.97. The third kappa shape index (κ3) is 2.36. The summed E-state index contributed by atoms with van der Waals surface area (Å²) < 4.78 is 5.10. The van der Waals surface area contributed by atoms with Crippen molar-refractivity contribution in [3.8, 4) is 0 Å². The molecule has 2 aromatic rings. The first-order chi connectivity index (χ1) is 7.27. The van der Waals surface area contributed by atoms with Gasteiger partial charge in [0.25, 0.3) is 0 Å². The number of carbonyl (C=O) groups is 1. The van der Waals surface area contributed by atoms with Gasteiger partial charge >= 0.3 is 0 Å². The Hall–Kier alpha value is -1.35. The Kier molecular flexibility index (Phi) is 3.02. The van der Waals surface area contributed by atoms with E-state index in [2.05, 4.69) is 11.4 Å². The minimum Gasteiger partial charge on any atom is -0.469 e. The van der Waals surface area contributed by atoms with E-state index >= 15 is 0 Å². The van der Waals surface area contributed by atoms with Crippen molar-refractivity contribution in [1.82, 2.24) is 0 Å². The summed E-state index contributed by atoms with van der Waals surface area (Å²) in [5.74, 6) is 0.873. The van der Waals surface area contributed by atoms with Crippen LogP contribution in [0.5, 0.6) is 0 Å². The van der Waals surface area contributed by atoms with Gasteiger partial charge in [-0.3, -0.25) is 4.79 Å². The lowest BCUT2D eigenvalue weighted by Crippen LogP contribution is -2.00. The summed E-state index contributed by atoms with van der Waals surface area (Å²) in [5.41, 5.74) is 1.94. The molecule has 2 nitrogen and oxygen atoms in total. The van der Waals surface area contributed by atoms with E-state index in [9.17, 15) is 4.79 Å². The quantitative estimate of drug-likeness (QED) is 0.738. The highest BCUT2D eigenvalue weighted by atomic mass is 32.1. The summed E-state index contributed by atoms with van der Waals surface area (Å²) in [6.45, 7) is 1.82. The topological polar surface area (TPSA) is 30.2 Å². The van der Waals surface area contributed by atoms with Gasteiger partial charge in [-0.1, -0.05) is 0 Å². The number of Topliss-reactive ketones (excluding diaryl/α,β-unsaturated/α-hetero) is 1. The van der Waals surface area contributed by atoms with Gasteiger partial charge < -0.3 is 4.42 Å². The van der Waals surface area contributed by atoms with Crippen LogP contribution >= 0.6 is 11.3 Å². The zero-order valence-electron chi connectivity index (χ0n) is 8.53. The molecule has 78 valence electrons. The van der Waals surface area contributed by atoms with Crippen LogP contribution in [0, 0.1) is 6.92 Å². The molecule has 2 aromatic heterocycles. The number of thiophene rings is 1. The summed E-state index contributed by atoms with van der Waals surface area (Å²) in [5, 5.41) is 4.11. The number of hydrogen-bond donors (Lipinski definition) is 0. The lowest BCUT2D eigenvalue weighted by molar-refractivity contribution is 0.0981. The average Bonchev–Trinajstić information content (AvgIpc) is 2.84. The van der Waals surface area contributed by atoms with Crippen LogP contribution < -0.4 is 0 Å². The third-order valence-corrected chi connectivity index (χ3v) is 3.11. The molecule has 0 amide bonds. The molecule has 0 N–H and O–H groups in total. The summed E-state index contributed by atoms with van der Waals surface area (Å²) in [4.78, 5) is 11.8. The van der Waals surface area contributed by atoms with Gasteiger partial charge in [0.2, 0.25) is 0 Å². The van der Waals surface area contributed by atoms with Gasteiger partial charge in [-0.25, -0.2) is 0 Å². The Labute approximate surface area is 92.5 Å². The monoisotopic (exact) mass is 220 g/mol. The standard InChI is InChI=1S/C12H12O2S/c1-9-11(4-6-14-9)12(13)3-2-10-5-7-15-8-10/h4-8H,2-3H2,1H3. The molecule has 15 heavy (non-hydrogen) atoms. The molecule has 0 aliphatic carbocycles. The Morgan fingerprint density at radius 1 is 1.47 bits per heavy atom. The van der Waals surface area contributed by atoms with Gasteiger partial charge in [-0.15, -0.1) is 0 Å². The summed E-state index contributed by atoms with van der Waals surface area (Å²) in [7, 11) is 0. The summed E-state index contributed by atoms with van der Waals surface area (Å²) in [6, 6.07) is 3.80. The zero-order valence-corrected chi connectivity index (χ0v) is 9.34. The highest BCUT2D eigenvalue weighted by Crippen LogP contribution is 2.14. The van der Waals surface area contributed by atoms with Crippen LogP contribution in [0.15, 0.2) is 33.6 Å². The van der Waals surface area contributed by atoms with Crippen LogP contribution in [0.3, 0.4) is 0 Å². The maximum Gasteiger partial charge on any atom is 0.166 e. The molecule has 0 unspecified atom stereocenters. The van der Waals surface area contributed by atoms with Crippen molar-refractivity contribution >= 4 is 17.1 Å². The van der Waals surface area contributed by atoms with Crippen molar-refractivity contribution in [3.05, 3.63) is 46.0 Å². The van der Waals surface area contributed by atoms with Crippen LogP contribution in [0.4, 0.5) is 0 Å². The van der Waals surface area contributed by atoms with Crippen LogP contribution in [-0.4, -0.2) is 5.78 Å². The SMILES string of the molecule is Cc1occc1C(=O)CCc1ccsc1. The number of aryl methyl sites for hydroxylation is 2. The van der Waals surface area contributed by atoms with E-state index in [-0.39, 0.29) is 5.78 Å². The molecular formula is C12H12O2S. The van der Waals surface area contributed by atoms with Crippen molar-refractivity contribution < 1.29 is 9.21 Å². The fourth-order valence-corrected chi connectivity index (χ4v) is 2.20. The Morgan fingerprint density at radius 2 is 2.33 bits per heavy atom. The largest absolute Gasteiger partial charge is 0.469 e. The predicted octanol–water partition coefficient (Wildman–Crippen LogP) is 3.47. The summed E-state index contributed by atoms with van der Waals surface area (Å²) in [6.07, 6.45) is 2.93. The number of ketones is 1. The van der Waals surface area contributed by atoms with Gasteiger partial charge in [0.15, 0.2) is 5.78 Å². The van der Waals surface area contributed by atoms with Crippen LogP contribution in [-0.2, 0) is 6.42 Å². The van der Waals surface area contributed by atoms with E-state index in [0.717, 1.165) is 6.42 Å². The zero-order chi connectivity index (χ0) is 10.7. The molecular weight excluding hydrogens is 208 g/mol.